The van der Waals surface area contributed by atoms with Gasteiger partial charge in [-0.1, -0.05) is 0 Å². The number of piperazine rings is 1. The predicted octanol–water partition coefficient (Wildman–Crippen LogP) is 4.36. The number of aryl methyl sites for hydroxylation is 1. The van der Waals surface area contributed by atoms with Crippen LogP contribution in [0.2, 0.25) is 0 Å². The minimum atomic E-state index is -0.00682. The van der Waals surface area contributed by atoms with E-state index in [-0.39, 0.29) is 18.3 Å². The SMILES string of the molecule is COc1cc2nc3c(c4c2c(c1OC)N(C(C)=O)CC4)CCc1cc(OCCCN2CCN(C)CC2)ccc1-3.Cl. The lowest BCUT2D eigenvalue weighted by Gasteiger charge is -2.33. The van der Waals surface area contributed by atoms with Crippen LogP contribution in [0.3, 0.4) is 0 Å². The quantitative estimate of drug-likeness (QED) is 0.394. The highest BCUT2D eigenvalue weighted by Crippen LogP contribution is 2.49. The Morgan fingerprint density at radius 2 is 1.77 bits per heavy atom. The summed E-state index contributed by atoms with van der Waals surface area (Å²) in [5.41, 5.74) is 7.66. The molecule has 1 amide bonds. The molecule has 214 valence electrons. The molecule has 6 rings (SSSR count). The van der Waals surface area contributed by atoms with E-state index in [0.29, 0.717) is 18.0 Å². The number of methoxy groups -OCH3 is 2. The second-order valence-corrected chi connectivity index (χ2v) is 10.9. The molecule has 0 N–H and O–H groups in total. The highest BCUT2D eigenvalue weighted by atomic mass is 35.5. The van der Waals surface area contributed by atoms with Crippen molar-refractivity contribution >= 4 is 34.9 Å². The third-order valence-corrected chi connectivity index (χ3v) is 8.50. The lowest BCUT2D eigenvalue weighted by molar-refractivity contribution is -0.116. The van der Waals surface area contributed by atoms with Crippen molar-refractivity contribution in [2.75, 3.05) is 72.0 Å². The molecule has 0 spiro atoms. The van der Waals surface area contributed by atoms with Crippen molar-refractivity contribution in [1.82, 2.24) is 14.8 Å². The van der Waals surface area contributed by atoms with Crippen LogP contribution in [0.15, 0.2) is 24.3 Å². The van der Waals surface area contributed by atoms with Gasteiger partial charge in [0, 0.05) is 63.2 Å². The lowest BCUT2D eigenvalue weighted by Crippen LogP contribution is -2.44. The van der Waals surface area contributed by atoms with Crippen molar-refractivity contribution in [1.29, 1.82) is 0 Å². The van der Waals surface area contributed by atoms with Gasteiger partial charge in [-0.15, -0.1) is 12.4 Å². The van der Waals surface area contributed by atoms with Crippen LogP contribution in [0, 0.1) is 0 Å². The maximum atomic E-state index is 12.6. The molecular weight excluding hydrogens is 528 g/mol. The molecule has 1 aliphatic carbocycles. The first kappa shape index (κ1) is 28.5. The van der Waals surface area contributed by atoms with Crippen LogP contribution in [-0.2, 0) is 24.1 Å². The Hall–Kier alpha value is -3.07. The second-order valence-electron chi connectivity index (χ2n) is 10.9. The topological polar surface area (TPSA) is 67.4 Å². The minimum absolute atomic E-state index is 0. The minimum Gasteiger partial charge on any atom is -0.494 e. The van der Waals surface area contributed by atoms with E-state index in [4.69, 9.17) is 19.2 Å². The fourth-order valence-corrected chi connectivity index (χ4v) is 6.41. The van der Waals surface area contributed by atoms with Crippen LogP contribution >= 0.6 is 12.4 Å². The van der Waals surface area contributed by atoms with E-state index < -0.39 is 0 Å². The average Bonchev–Trinajstić information content (AvgIpc) is 2.95. The summed E-state index contributed by atoms with van der Waals surface area (Å²) >= 11 is 0. The summed E-state index contributed by atoms with van der Waals surface area (Å²) in [5.74, 6) is 2.10. The summed E-state index contributed by atoms with van der Waals surface area (Å²) in [6, 6.07) is 8.39. The first-order valence-electron chi connectivity index (χ1n) is 14.0. The molecule has 1 saturated heterocycles. The van der Waals surface area contributed by atoms with Crippen molar-refractivity contribution in [3.8, 4) is 28.5 Å². The van der Waals surface area contributed by atoms with Crippen molar-refractivity contribution in [3.05, 3.63) is 41.0 Å². The van der Waals surface area contributed by atoms with Crippen LogP contribution < -0.4 is 19.1 Å². The summed E-state index contributed by atoms with van der Waals surface area (Å²) < 4.78 is 17.6. The van der Waals surface area contributed by atoms with Gasteiger partial charge in [0.2, 0.25) is 5.91 Å². The highest BCUT2D eigenvalue weighted by Gasteiger charge is 2.33. The van der Waals surface area contributed by atoms with Crippen LogP contribution in [0.4, 0.5) is 5.69 Å². The standard InChI is InChI=1S/C31H38N4O4.ClH/c1-20(36)35-12-10-24-25-8-6-21-18-22(39-17-5-11-34-15-13-33(2)14-16-34)7-9-23(21)29(25)32-26-19-27(37-3)31(38-4)30(35)28(24)26;/h7,9,18-19H,5-6,8,10-17H2,1-4H3;1H. The number of likely N-dealkylation sites (N-methyl/N-ethyl adjacent to an activating group) is 1. The van der Waals surface area contributed by atoms with Gasteiger partial charge in [0.15, 0.2) is 11.5 Å². The Balaban J connectivity index is 0.00000323. The third kappa shape index (κ3) is 5.08. The van der Waals surface area contributed by atoms with Crippen LogP contribution in [-0.4, -0.2) is 87.8 Å². The van der Waals surface area contributed by atoms with Crippen LogP contribution in [0.5, 0.6) is 17.2 Å². The van der Waals surface area contributed by atoms with Gasteiger partial charge in [0.1, 0.15) is 5.75 Å². The van der Waals surface area contributed by atoms with E-state index in [9.17, 15) is 4.79 Å². The van der Waals surface area contributed by atoms with Crippen molar-refractivity contribution in [3.63, 3.8) is 0 Å². The number of hydrogen-bond donors (Lipinski definition) is 0. The molecule has 3 aromatic rings. The summed E-state index contributed by atoms with van der Waals surface area (Å²) in [6.45, 7) is 8.62. The van der Waals surface area contributed by atoms with Crippen molar-refractivity contribution in [2.24, 2.45) is 0 Å². The largest absolute Gasteiger partial charge is 0.494 e. The number of rotatable bonds is 7. The number of fused-ring (bicyclic) bond motifs is 4. The Morgan fingerprint density at radius 1 is 0.975 bits per heavy atom. The lowest BCUT2D eigenvalue weighted by atomic mass is 9.83. The number of hydrogen-bond acceptors (Lipinski definition) is 7. The van der Waals surface area contributed by atoms with E-state index in [1.165, 1.54) is 22.3 Å². The van der Waals surface area contributed by atoms with Gasteiger partial charge in [-0.3, -0.25) is 4.79 Å². The maximum Gasteiger partial charge on any atom is 0.223 e. The number of carbonyl (C=O) groups is 1. The second kappa shape index (κ2) is 11.8. The fourth-order valence-electron chi connectivity index (χ4n) is 6.41. The number of ether oxygens (including phenoxy) is 3. The van der Waals surface area contributed by atoms with Crippen LogP contribution in [0.1, 0.15) is 30.0 Å². The molecule has 2 aromatic carbocycles. The summed E-state index contributed by atoms with van der Waals surface area (Å²) in [7, 11) is 5.44. The van der Waals surface area contributed by atoms with Gasteiger partial charge in [0.05, 0.1) is 37.7 Å². The average molecular weight is 567 g/mol. The number of pyridine rings is 1. The molecule has 0 radical (unpaired) electrons. The fraction of sp³-hybridized carbons (Fsp3) is 0.484. The van der Waals surface area contributed by atoms with E-state index in [0.717, 1.165) is 93.0 Å². The summed E-state index contributed by atoms with van der Waals surface area (Å²) in [6.07, 6.45) is 3.69. The molecule has 3 heterocycles. The zero-order valence-corrected chi connectivity index (χ0v) is 24.7. The van der Waals surface area contributed by atoms with E-state index in [2.05, 4.69) is 35.0 Å². The van der Waals surface area contributed by atoms with Crippen LogP contribution in [0.25, 0.3) is 22.2 Å². The van der Waals surface area contributed by atoms with Gasteiger partial charge in [-0.2, -0.15) is 0 Å². The molecule has 3 aliphatic rings. The summed E-state index contributed by atoms with van der Waals surface area (Å²) in [5, 5.41) is 1.01. The van der Waals surface area contributed by atoms with Gasteiger partial charge in [0.25, 0.3) is 0 Å². The number of amides is 1. The third-order valence-electron chi connectivity index (χ3n) is 8.50. The number of carbonyl (C=O) groups excluding carboxylic acids is 1. The molecule has 9 heteroatoms. The normalized spacial score (nSPS) is 16.6. The smallest absolute Gasteiger partial charge is 0.223 e. The number of benzene rings is 2. The highest BCUT2D eigenvalue weighted by molar-refractivity contribution is 6.09. The molecule has 40 heavy (non-hydrogen) atoms. The molecule has 0 saturated carbocycles. The molecule has 0 atom stereocenters. The van der Waals surface area contributed by atoms with Gasteiger partial charge >= 0.3 is 0 Å². The zero-order valence-electron chi connectivity index (χ0n) is 23.9. The monoisotopic (exact) mass is 566 g/mol. The van der Waals surface area contributed by atoms with Crippen molar-refractivity contribution < 1.29 is 19.0 Å². The predicted molar refractivity (Wildman–Crippen MR) is 161 cm³/mol. The van der Waals surface area contributed by atoms with E-state index in [1.54, 1.807) is 26.0 Å². The van der Waals surface area contributed by atoms with Gasteiger partial charge in [-0.05, 0) is 67.6 Å². The number of aromatic nitrogens is 1. The Morgan fingerprint density at radius 3 is 2.50 bits per heavy atom. The molecular formula is C31H39ClN4O4. The van der Waals surface area contributed by atoms with Gasteiger partial charge < -0.3 is 28.9 Å². The molecule has 8 nitrogen and oxygen atoms in total. The summed E-state index contributed by atoms with van der Waals surface area (Å²) in [4.78, 5) is 24.5. The Kier molecular flexibility index (Phi) is 8.40. The number of nitrogens with zero attached hydrogens (tertiary/aromatic N) is 4. The Bertz CT molecular complexity index is 1420. The Labute approximate surface area is 242 Å². The maximum absolute atomic E-state index is 12.6. The number of halogens is 1. The first-order chi connectivity index (χ1) is 19.0. The first-order valence-corrected chi connectivity index (χ1v) is 14.0. The molecule has 1 aromatic heterocycles. The zero-order chi connectivity index (χ0) is 27.1. The van der Waals surface area contributed by atoms with Crippen molar-refractivity contribution in [2.45, 2.75) is 32.6 Å². The molecule has 0 bridgehead atoms. The molecule has 1 fully saturated rings. The number of anilines is 1. The molecule has 2 aliphatic heterocycles. The van der Waals surface area contributed by atoms with Gasteiger partial charge in [-0.25, -0.2) is 4.98 Å². The van der Waals surface area contributed by atoms with E-state index in [1.807, 2.05) is 6.07 Å². The molecule has 0 unspecified atom stereocenters. The van der Waals surface area contributed by atoms with E-state index >= 15 is 0 Å².